The molecule has 1 nitrogen and oxygen atoms in total. The lowest BCUT2D eigenvalue weighted by Gasteiger charge is -2.42. The quantitative estimate of drug-likeness (QED) is 0.138. The van der Waals surface area contributed by atoms with Crippen molar-refractivity contribution in [2.75, 3.05) is 13.1 Å². The summed E-state index contributed by atoms with van der Waals surface area (Å²) in [6.07, 6.45) is 3.22. The molecule has 0 amide bonds. The molecule has 1 radical (unpaired) electrons. The lowest BCUT2D eigenvalue weighted by atomic mass is 9.30. The topological polar surface area (TPSA) is 3.01 Å². The van der Waals surface area contributed by atoms with E-state index in [1.165, 1.54) is 0 Å². The first-order valence-corrected chi connectivity index (χ1v) is 12.8. The molecule has 2 bridgehead atoms. The number of nitrogens with zero attached hydrogens (tertiary/aromatic N) is 1. The molecule has 1 saturated heterocycles. The van der Waals surface area contributed by atoms with Gasteiger partial charge in [0.15, 0.2) is 34.9 Å². The zero-order valence-corrected chi connectivity index (χ0v) is 21.4. The Balaban J connectivity index is 1.93. The number of rotatable bonds is 3. The summed E-state index contributed by atoms with van der Waals surface area (Å²) in [4.78, 5) is 0. The van der Waals surface area contributed by atoms with E-state index in [1.54, 1.807) is 0 Å². The standard InChI is InChI=1S/C27H25BF10N/c1-26(2)11-7-8-27(26,3)25(39-9-5-4-6-10-39)12(11)28(13-15(29)19(33)23(37)20(34)16(13)30)14-17(31)21(35)24(38)22(36)18(14)32/h11-12H,4-10H2,1-3H3/t11-,12+,27+/m1/s1. The average molecular weight is 564 g/mol. The van der Waals surface area contributed by atoms with Crippen molar-refractivity contribution in [1.29, 1.82) is 0 Å². The van der Waals surface area contributed by atoms with Crippen molar-refractivity contribution in [3.05, 3.63) is 58.2 Å². The first kappa shape index (κ1) is 28.0. The van der Waals surface area contributed by atoms with E-state index in [9.17, 15) is 26.3 Å². The maximum Gasteiger partial charge on any atom is 0.200 e. The second kappa shape index (κ2) is 9.26. The largest absolute Gasteiger partial charge is 0.239 e. The summed E-state index contributed by atoms with van der Waals surface area (Å²) in [6, 6.07) is 0. The van der Waals surface area contributed by atoms with E-state index in [-0.39, 0.29) is 0 Å². The predicted molar refractivity (Wildman–Crippen MR) is 125 cm³/mol. The van der Waals surface area contributed by atoms with Crippen molar-refractivity contribution >= 4 is 23.4 Å². The van der Waals surface area contributed by atoms with E-state index in [2.05, 4.69) is 0 Å². The van der Waals surface area contributed by atoms with E-state index < -0.39 is 98.4 Å². The highest BCUT2D eigenvalue weighted by atomic mass is 19.2. The van der Waals surface area contributed by atoms with Gasteiger partial charge in [0, 0.05) is 18.3 Å². The molecule has 1 heterocycles. The van der Waals surface area contributed by atoms with E-state index >= 15 is 17.6 Å². The molecule has 2 saturated carbocycles. The lowest BCUT2D eigenvalue weighted by molar-refractivity contribution is -0.541. The van der Waals surface area contributed by atoms with Gasteiger partial charge in [0.25, 0.3) is 0 Å². The third-order valence-corrected chi connectivity index (χ3v) is 9.78. The molecule has 3 aliphatic rings. The van der Waals surface area contributed by atoms with E-state index in [0.29, 0.717) is 44.5 Å². The van der Waals surface area contributed by atoms with Crippen LogP contribution in [0.3, 0.4) is 0 Å². The van der Waals surface area contributed by atoms with Gasteiger partial charge in [0.1, 0.15) is 42.1 Å². The van der Waals surface area contributed by atoms with Gasteiger partial charge in [0.05, 0.1) is 0 Å². The van der Waals surface area contributed by atoms with Gasteiger partial charge >= 0.3 is 0 Å². The molecule has 0 N–H and O–H groups in total. The fraction of sp³-hybridized carbons (Fsp3) is 0.519. The van der Waals surface area contributed by atoms with Gasteiger partial charge in [0.2, 0.25) is 0 Å². The minimum Gasteiger partial charge on any atom is -0.239 e. The molecular formula is C27H25BF10N. The molecule has 2 aromatic carbocycles. The lowest BCUT2D eigenvalue weighted by Crippen LogP contribution is -2.58. The number of fused-ring (bicyclic) bond motifs is 2. The zero-order valence-electron chi connectivity index (χ0n) is 21.4. The van der Waals surface area contributed by atoms with Crippen molar-refractivity contribution in [2.45, 2.75) is 58.7 Å². The Bertz CT molecular complexity index is 1280. The molecule has 5 rings (SSSR count). The van der Waals surface area contributed by atoms with Crippen molar-refractivity contribution in [2.24, 2.45) is 16.7 Å². The summed E-state index contributed by atoms with van der Waals surface area (Å²) >= 11 is 0. The van der Waals surface area contributed by atoms with Crippen molar-refractivity contribution < 1.29 is 48.5 Å². The Morgan fingerprint density at radius 1 is 0.590 bits per heavy atom. The molecule has 2 aliphatic carbocycles. The fourth-order valence-electron chi connectivity index (χ4n) is 7.56. The van der Waals surface area contributed by atoms with Crippen LogP contribution in [0.2, 0.25) is 5.82 Å². The van der Waals surface area contributed by atoms with Crippen molar-refractivity contribution in [3.8, 4) is 0 Å². The van der Waals surface area contributed by atoms with Gasteiger partial charge in [-0.1, -0.05) is 26.2 Å². The monoisotopic (exact) mass is 564 g/mol. The maximum atomic E-state index is 15.4. The molecular weight excluding hydrogens is 539 g/mol. The van der Waals surface area contributed by atoms with Crippen LogP contribution in [0, 0.1) is 74.9 Å². The fourth-order valence-corrected chi connectivity index (χ4v) is 7.56. The second-order valence-corrected chi connectivity index (χ2v) is 11.6. The van der Waals surface area contributed by atoms with Crippen LogP contribution in [-0.4, -0.2) is 30.1 Å². The molecule has 1 aliphatic heterocycles. The summed E-state index contributed by atoms with van der Waals surface area (Å²) in [5.74, 6) is -25.9. The molecule has 0 spiro atoms. The molecule has 39 heavy (non-hydrogen) atoms. The highest BCUT2D eigenvalue weighted by molar-refractivity contribution is 6.89. The normalized spacial score (nSPS) is 26.3. The van der Waals surface area contributed by atoms with Gasteiger partial charge in [-0.25, -0.2) is 48.5 Å². The van der Waals surface area contributed by atoms with Crippen LogP contribution in [-0.2, 0) is 0 Å². The van der Waals surface area contributed by atoms with E-state index in [4.69, 9.17) is 0 Å². The van der Waals surface area contributed by atoms with Crippen LogP contribution < -0.4 is 10.9 Å². The summed E-state index contributed by atoms with van der Waals surface area (Å²) in [5.41, 5.74) is -4.16. The molecule has 3 atom stereocenters. The van der Waals surface area contributed by atoms with Gasteiger partial charge in [-0.05, 0) is 31.9 Å². The Morgan fingerprint density at radius 3 is 1.38 bits per heavy atom. The number of piperidine rings is 1. The van der Waals surface area contributed by atoms with Crippen LogP contribution >= 0.6 is 0 Å². The van der Waals surface area contributed by atoms with Gasteiger partial charge < -0.3 is 0 Å². The van der Waals surface area contributed by atoms with E-state index in [1.807, 2.05) is 25.3 Å². The number of hydrogen-bond donors (Lipinski definition) is 0. The summed E-state index contributed by atoms with van der Waals surface area (Å²) in [7, 11) is 0. The van der Waals surface area contributed by atoms with Crippen molar-refractivity contribution in [1.82, 2.24) is 0 Å². The van der Waals surface area contributed by atoms with Crippen LogP contribution in [0.4, 0.5) is 43.9 Å². The highest BCUT2D eigenvalue weighted by Gasteiger charge is 2.67. The van der Waals surface area contributed by atoms with Crippen LogP contribution in [0.15, 0.2) is 0 Å². The first-order chi connectivity index (χ1) is 18.2. The second-order valence-electron chi connectivity index (χ2n) is 11.6. The summed E-state index contributed by atoms with van der Waals surface area (Å²) in [6.45, 7) is 4.08. The minimum atomic E-state index is -2.50. The molecule has 2 aromatic rings. The third kappa shape index (κ3) is 3.64. The molecule has 12 heteroatoms. The molecule has 3 fully saturated rings. The average Bonchev–Trinajstić information content (AvgIpc) is 3.25. The van der Waals surface area contributed by atoms with Crippen LogP contribution in [0.25, 0.3) is 0 Å². The van der Waals surface area contributed by atoms with Gasteiger partial charge in [-0.15, -0.1) is 5.82 Å². The molecule has 0 unspecified atom stereocenters. The minimum absolute atomic E-state index is 0.354. The first-order valence-electron chi connectivity index (χ1n) is 12.8. The Morgan fingerprint density at radius 2 is 0.974 bits per heavy atom. The van der Waals surface area contributed by atoms with Crippen molar-refractivity contribution in [3.63, 3.8) is 0 Å². The number of benzene rings is 2. The maximum absolute atomic E-state index is 15.4. The summed E-state index contributed by atoms with van der Waals surface area (Å²) < 4.78 is 149. The Kier molecular flexibility index (Phi) is 6.65. The Labute approximate surface area is 219 Å². The summed E-state index contributed by atoms with van der Waals surface area (Å²) in [5, 5.41) is 0. The van der Waals surface area contributed by atoms with Crippen LogP contribution in [0.1, 0.15) is 52.9 Å². The Hall–Kier alpha value is -2.53. The van der Waals surface area contributed by atoms with Crippen LogP contribution in [0.5, 0.6) is 0 Å². The highest BCUT2D eigenvalue weighted by Crippen LogP contribution is 2.68. The molecule has 211 valence electrons. The smallest absolute Gasteiger partial charge is 0.200 e. The third-order valence-electron chi connectivity index (χ3n) is 9.78. The van der Waals surface area contributed by atoms with Gasteiger partial charge in [-0.3, -0.25) is 0 Å². The molecule has 0 aromatic heterocycles. The predicted octanol–water partition coefficient (Wildman–Crippen LogP) is 6.15. The van der Waals surface area contributed by atoms with E-state index in [0.717, 1.165) is 6.42 Å². The van der Waals surface area contributed by atoms with Gasteiger partial charge in [-0.2, -0.15) is 10.9 Å². The number of hydrogen-bond acceptors (Lipinski definition) is 0. The zero-order chi connectivity index (χ0) is 28.8. The SMILES string of the molecule is CC1(C)[C@@H]2CC[C@@]1(C)C(=[N+]1CCCCC1)[C@H]2[B-](c1c(F)c(F)c(F)c(F)c1F)c1c(F)c(F)c(F)c(F)c1F. The number of halogens is 10.